The van der Waals surface area contributed by atoms with Crippen molar-refractivity contribution in [1.82, 2.24) is 0 Å². The van der Waals surface area contributed by atoms with Crippen molar-refractivity contribution in [3.05, 3.63) is 60.7 Å². The first-order valence-electron chi connectivity index (χ1n) is 22.4. The fraction of sp³-hybridized carbons (Fsp3) is 0.674. The Bertz CT molecular complexity index is 1780. The number of hydrogen-bond acceptors (Lipinski definition) is 19. The number of carbonyl (C=O) groups excluding carboxylic acids is 3. The fourth-order valence-corrected chi connectivity index (χ4v) is 13.1. The number of hydrogen-bond donors (Lipinski definition) is 7. The number of ether oxygens (including phenoxy) is 8. The number of aliphatic hydroxyl groups is 7. The number of ketones is 1. The second-order valence-corrected chi connectivity index (χ2v) is 22.3. The number of benzene rings is 2. The number of aliphatic hydroxyl groups excluding tert-OH is 7. The summed E-state index contributed by atoms with van der Waals surface area (Å²) in [6.45, 7) is 7.80. The smallest absolute Gasteiger partial charge is 0.306 e. The Hall–Kier alpha value is -3.29. The average molecular weight is 953 g/mol. The molecule has 20 heteroatoms. The second-order valence-electron chi connectivity index (χ2n) is 18.0. The van der Waals surface area contributed by atoms with Gasteiger partial charge in [-0.2, -0.15) is 0 Å². The van der Waals surface area contributed by atoms with Gasteiger partial charge in [0.1, 0.15) is 66.8 Å². The molecule has 3 fully saturated rings. The Morgan fingerprint density at radius 1 is 0.636 bits per heavy atom. The normalized spacial score (nSPS) is 33.0. The Kier molecular flexibility index (Phi) is 19.8. The molecule has 0 spiro atoms. The van der Waals surface area contributed by atoms with Crippen LogP contribution in [0.1, 0.15) is 73.1 Å². The number of carbonyl (C=O) groups is 3. The first-order valence-corrected chi connectivity index (χ1v) is 24.3. The number of esters is 2. The van der Waals surface area contributed by atoms with Gasteiger partial charge in [0.25, 0.3) is 8.32 Å². The molecule has 7 N–H and O–H groups in total. The lowest BCUT2D eigenvalue weighted by Gasteiger charge is -2.50. The molecule has 15 atom stereocenters. The first-order chi connectivity index (χ1) is 31.3. The molecule has 3 aliphatic rings. The topological polar surface area (TPSA) is 276 Å². The van der Waals surface area contributed by atoms with E-state index in [4.69, 9.17) is 42.3 Å². The Morgan fingerprint density at radius 2 is 1.20 bits per heavy atom. The van der Waals surface area contributed by atoms with Crippen molar-refractivity contribution in [2.75, 3.05) is 26.9 Å². The van der Waals surface area contributed by atoms with E-state index in [1.165, 1.54) is 21.0 Å². The number of Topliss-reactive ketones (excluding diaryl/α,β-unsaturated/α-hetero) is 1. The molecule has 0 amide bonds. The number of methoxy groups -OCH3 is 1. The zero-order valence-corrected chi connectivity index (χ0v) is 39.3. The number of rotatable bonds is 21. The van der Waals surface area contributed by atoms with Gasteiger partial charge >= 0.3 is 11.9 Å². The molecule has 0 unspecified atom stereocenters. The van der Waals surface area contributed by atoms with Crippen molar-refractivity contribution in [2.45, 2.75) is 170 Å². The zero-order chi connectivity index (χ0) is 48.3. The summed E-state index contributed by atoms with van der Waals surface area (Å²) in [4.78, 5) is 37.7. The van der Waals surface area contributed by atoms with Crippen LogP contribution in [0, 0.1) is 0 Å². The molecule has 370 valence electrons. The van der Waals surface area contributed by atoms with Crippen molar-refractivity contribution in [1.29, 1.82) is 0 Å². The minimum atomic E-state index is -3.37. The van der Waals surface area contributed by atoms with Crippen molar-refractivity contribution in [2.24, 2.45) is 0 Å². The van der Waals surface area contributed by atoms with Crippen LogP contribution in [-0.2, 0) is 56.7 Å². The summed E-state index contributed by atoms with van der Waals surface area (Å²) in [6, 6.07) is 19.3. The summed E-state index contributed by atoms with van der Waals surface area (Å²) in [6.07, 6.45) is -23.6. The van der Waals surface area contributed by atoms with Crippen molar-refractivity contribution in [3.8, 4) is 0 Å². The minimum absolute atomic E-state index is 0.0182. The maximum absolute atomic E-state index is 13.8. The largest absolute Gasteiger partial charge is 0.469 e. The highest BCUT2D eigenvalue weighted by molar-refractivity contribution is 6.99. The van der Waals surface area contributed by atoms with Crippen LogP contribution in [0.2, 0.25) is 5.04 Å². The summed E-state index contributed by atoms with van der Waals surface area (Å²) in [7, 11) is -2.08. The highest BCUT2D eigenvalue weighted by Crippen LogP contribution is 2.40. The molecule has 5 rings (SSSR count). The molecule has 3 saturated heterocycles. The average Bonchev–Trinajstić information content (AvgIpc) is 3.29. The highest BCUT2D eigenvalue weighted by Gasteiger charge is 2.58. The molecule has 2 aromatic carbocycles. The zero-order valence-electron chi connectivity index (χ0n) is 38.3. The van der Waals surface area contributed by atoms with Crippen LogP contribution in [0.4, 0.5) is 0 Å². The van der Waals surface area contributed by atoms with Crippen LogP contribution in [0.5, 0.6) is 0 Å². The molecule has 2 aromatic rings. The highest BCUT2D eigenvalue weighted by atomic mass is 28.4. The van der Waals surface area contributed by atoms with E-state index in [2.05, 4.69) is 20.8 Å². The number of unbranched alkanes of at least 4 members (excludes halogenated alkanes) is 2. The SMILES string of the molecule is COC(=O)CCCCCO[C@@H]1O[C@H](CO[Si](c2ccccc2)(c2ccccc2)C(C)(C)C)[C@H](OC(=O)CCC(C)=O)[C@H](O[C@H]2O[C@H](CO)[C@H](O)[C@H](O)[C@H]2O)[C@H]1O[C@H]1O[C@H](C)[C@H](O)[C@H](O)[C@H]1O. The van der Waals surface area contributed by atoms with Gasteiger partial charge in [0, 0.05) is 19.4 Å². The van der Waals surface area contributed by atoms with E-state index >= 15 is 0 Å². The van der Waals surface area contributed by atoms with Gasteiger partial charge in [-0.1, -0.05) is 87.9 Å². The van der Waals surface area contributed by atoms with Gasteiger partial charge in [-0.05, 0) is 42.1 Å². The summed E-state index contributed by atoms with van der Waals surface area (Å²) in [5.74, 6) is -1.55. The van der Waals surface area contributed by atoms with Gasteiger partial charge in [0.05, 0.1) is 32.8 Å². The van der Waals surface area contributed by atoms with Gasteiger partial charge in [0.15, 0.2) is 25.0 Å². The van der Waals surface area contributed by atoms with Crippen LogP contribution in [0.15, 0.2) is 60.7 Å². The lowest BCUT2D eigenvalue weighted by molar-refractivity contribution is -0.390. The van der Waals surface area contributed by atoms with Gasteiger partial charge < -0.3 is 82.9 Å². The monoisotopic (exact) mass is 952 g/mol. The van der Waals surface area contributed by atoms with Crippen LogP contribution >= 0.6 is 0 Å². The maximum atomic E-state index is 13.8. The molecule has 0 bridgehead atoms. The van der Waals surface area contributed by atoms with Gasteiger partial charge in [-0.25, -0.2) is 0 Å². The summed E-state index contributed by atoms with van der Waals surface area (Å²) < 4.78 is 55.9. The van der Waals surface area contributed by atoms with Crippen molar-refractivity contribution < 1.29 is 92.5 Å². The van der Waals surface area contributed by atoms with Crippen LogP contribution in [-0.4, -0.2) is 181 Å². The predicted octanol–water partition coefficient (Wildman–Crippen LogP) is -0.283. The Labute approximate surface area is 385 Å². The Morgan fingerprint density at radius 3 is 1.76 bits per heavy atom. The molecule has 0 radical (unpaired) electrons. The summed E-state index contributed by atoms with van der Waals surface area (Å²) in [5.41, 5.74) is 0. The Balaban J connectivity index is 1.64. The van der Waals surface area contributed by atoms with E-state index in [9.17, 15) is 50.1 Å². The van der Waals surface area contributed by atoms with E-state index in [0.29, 0.717) is 19.3 Å². The molecule has 19 nitrogen and oxygen atoms in total. The van der Waals surface area contributed by atoms with E-state index in [1.807, 2.05) is 60.7 Å². The first kappa shape index (κ1) is 53.7. The van der Waals surface area contributed by atoms with Crippen molar-refractivity contribution >= 4 is 36.4 Å². The van der Waals surface area contributed by atoms with Crippen LogP contribution in [0.3, 0.4) is 0 Å². The van der Waals surface area contributed by atoms with E-state index in [1.54, 1.807) is 0 Å². The molecule has 0 aromatic heterocycles. The molecular formula is C46H68O19Si. The third-order valence-electron chi connectivity index (χ3n) is 12.2. The standard InChI is InChI=1S/C46H68O19Si/c1-26(48)21-22-33(50)63-40-31(25-59-66(46(3,4)5,28-16-10-7-11-17-28)29-18-12-8-13-19-29)62-45(58-23-15-9-14-20-32(49)57-6)42(65-43-38(55)36(53)34(51)27(2)60-43)41(40)64-44-39(56)37(54)35(52)30(24-47)61-44/h7-8,10-13,16-19,27,30-31,34-45,47,51-56H,9,14-15,20-25H2,1-6H3/t27-,30-,31-,34+,35+,36+,37+,38-,39-,40+,41+,42-,43-,44-,45-/m1/s1. The molecule has 0 saturated carbocycles. The summed E-state index contributed by atoms with van der Waals surface area (Å²) in [5, 5.41) is 76.8. The third kappa shape index (κ3) is 12.9. The van der Waals surface area contributed by atoms with Gasteiger partial charge in [-0.3, -0.25) is 9.59 Å². The fourth-order valence-electron chi connectivity index (χ4n) is 8.51. The summed E-state index contributed by atoms with van der Waals surface area (Å²) >= 11 is 0. The van der Waals surface area contributed by atoms with Crippen LogP contribution < -0.4 is 10.4 Å². The second kappa shape index (κ2) is 24.3. The van der Waals surface area contributed by atoms with Crippen LogP contribution in [0.25, 0.3) is 0 Å². The molecule has 3 aliphatic heterocycles. The minimum Gasteiger partial charge on any atom is -0.469 e. The quantitative estimate of drug-likeness (QED) is 0.0482. The molecule has 3 heterocycles. The van der Waals surface area contributed by atoms with E-state index < -0.39 is 118 Å². The molecule has 0 aliphatic carbocycles. The molecular weight excluding hydrogens is 885 g/mol. The van der Waals surface area contributed by atoms with E-state index in [-0.39, 0.29) is 44.2 Å². The predicted molar refractivity (Wildman–Crippen MR) is 234 cm³/mol. The maximum Gasteiger partial charge on any atom is 0.306 e. The lowest BCUT2D eigenvalue weighted by Crippen LogP contribution is -2.70. The van der Waals surface area contributed by atoms with Gasteiger partial charge in [0.2, 0.25) is 0 Å². The third-order valence-corrected chi connectivity index (χ3v) is 17.2. The van der Waals surface area contributed by atoms with Gasteiger partial charge in [-0.15, -0.1) is 0 Å². The van der Waals surface area contributed by atoms with E-state index in [0.717, 1.165) is 10.4 Å². The van der Waals surface area contributed by atoms with Crippen molar-refractivity contribution in [3.63, 3.8) is 0 Å². The lowest BCUT2D eigenvalue weighted by atomic mass is 9.96. The molecule has 66 heavy (non-hydrogen) atoms.